The molecule has 1 N–H and O–H groups in total. The number of hydrogen-bond donors (Lipinski definition) is 1. The van der Waals surface area contributed by atoms with Gasteiger partial charge in [0.25, 0.3) is 5.91 Å². The van der Waals surface area contributed by atoms with Crippen LogP contribution in [-0.2, 0) is 14.3 Å². The summed E-state index contributed by atoms with van der Waals surface area (Å²) in [7, 11) is 0. The number of ether oxygens (including phenoxy) is 3. The minimum Gasteiger partial charge on any atom is -0.484 e. The van der Waals surface area contributed by atoms with Crippen molar-refractivity contribution >= 4 is 17.6 Å². The van der Waals surface area contributed by atoms with Crippen LogP contribution in [0.15, 0.2) is 48.5 Å². The minimum absolute atomic E-state index is 0.0926. The Balaban J connectivity index is 1.78. The number of amides is 1. The van der Waals surface area contributed by atoms with Crippen LogP contribution in [0.3, 0.4) is 0 Å². The zero-order chi connectivity index (χ0) is 18.8. The Morgan fingerprint density at radius 2 is 1.81 bits per heavy atom. The predicted octanol–water partition coefficient (Wildman–Crippen LogP) is 3.21. The van der Waals surface area contributed by atoms with Gasteiger partial charge >= 0.3 is 5.97 Å². The van der Waals surface area contributed by atoms with Gasteiger partial charge in [-0.1, -0.05) is 12.1 Å². The van der Waals surface area contributed by atoms with Crippen molar-refractivity contribution < 1.29 is 23.8 Å². The quantitative estimate of drug-likeness (QED) is 0.551. The Kier molecular flexibility index (Phi) is 7.64. The Labute approximate surface area is 153 Å². The lowest BCUT2D eigenvalue weighted by molar-refractivity contribution is -0.118. The molecule has 6 heteroatoms. The third kappa shape index (κ3) is 6.57. The molecule has 0 heterocycles. The highest BCUT2D eigenvalue weighted by molar-refractivity contribution is 5.93. The molecule has 0 saturated carbocycles. The summed E-state index contributed by atoms with van der Waals surface area (Å²) in [4.78, 5) is 23.8. The van der Waals surface area contributed by atoms with E-state index in [9.17, 15) is 9.59 Å². The average molecular weight is 357 g/mol. The van der Waals surface area contributed by atoms with Gasteiger partial charge in [0, 0.05) is 12.3 Å². The number of rotatable bonds is 9. The molecule has 0 spiro atoms. The summed E-state index contributed by atoms with van der Waals surface area (Å²) in [5.74, 6) is -0.0609. The molecule has 1 amide bonds. The zero-order valence-corrected chi connectivity index (χ0v) is 15.0. The van der Waals surface area contributed by atoms with Gasteiger partial charge in [0.05, 0.1) is 12.2 Å². The maximum atomic E-state index is 12.0. The molecule has 0 aliphatic heterocycles. The van der Waals surface area contributed by atoms with Crippen LogP contribution in [0.1, 0.15) is 22.8 Å². The summed E-state index contributed by atoms with van der Waals surface area (Å²) in [5.41, 5.74) is 2.05. The fourth-order valence-corrected chi connectivity index (χ4v) is 2.16. The third-order valence-corrected chi connectivity index (χ3v) is 3.43. The minimum atomic E-state index is -0.426. The van der Waals surface area contributed by atoms with Crippen LogP contribution >= 0.6 is 0 Å². The number of aryl methyl sites for hydroxylation is 1. The van der Waals surface area contributed by atoms with Gasteiger partial charge in [0.2, 0.25) is 0 Å². The van der Waals surface area contributed by atoms with Crippen LogP contribution in [0.2, 0.25) is 0 Å². The van der Waals surface area contributed by atoms with E-state index in [0.717, 1.165) is 5.56 Å². The molecule has 0 atom stereocenters. The van der Waals surface area contributed by atoms with Crippen molar-refractivity contribution in [2.45, 2.75) is 13.8 Å². The smallest absolute Gasteiger partial charge is 0.338 e. The van der Waals surface area contributed by atoms with Gasteiger partial charge in [-0.3, -0.25) is 4.79 Å². The molecular weight excluding hydrogens is 334 g/mol. The normalized spacial score (nSPS) is 10.2. The highest BCUT2D eigenvalue weighted by Crippen LogP contribution is 2.13. The first-order chi connectivity index (χ1) is 12.6. The fourth-order valence-electron chi connectivity index (χ4n) is 2.16. The molecule has 2 rings (SSSR count). The average Bonchev–Trinajstić information content (AvgIpc) is 2.64. The number of benzene rings is 2. The number of carbonyl (C=O) groups excluding carboxylic acids is 2. The van der Waals surface area contributed by atoms with E-state index >= 15 is 0 Å². The standard InChI is InChI=1S/C20H23NO5/c1-3-24-11-12-25-20(23)16-7-9-17(10-8-16)21-19(22)14-26-18-6-4-5-15(2)13-18/h4-10,13H,3,11-12,14H2,1-2H3,(H,21,22). The number of hydrogen-bond acceptors (Lipinski definition) is 5. The van der Waals surface area contributed by atoms with Crippen molar-refractivity contribution in [3.8, 4) is 5.75 Å². The number of carbonyl (C=O) groups is 2. The van der Waals surface area contributed by atoms with Crippen LogP contribution in [0, 0.1) is 6.92 Å². The Morgan fingerprint density at radius 1 is 1.04 bits per heavy atom. The molecule has 0 aliphatic carbocycles. The SMILES string of the molecule is CCOCCOC(=O)c1ccc(NC(=O)COc2cccc(C)c2)cc1. The van der Waals surface area contributed by atoms with Crippen molar-refractivity contribution in [1.29, 1.82) is 0 Å². The van der Waals surface area contributed by atoms with Gasteiger partial charge in [-0.2, -0.15) is 0 Å². The molecule has 0 radical (unpaired) electrons. The second kappa shape index (κ2) is 10.2. The summed E-state index contributed by atoms with van der Waals surface area (Å²) in [6.45, 7) is 4.90. The fraction of sp³-hybridized carbons (Fsp3) is 0.300. The monoisotopic (exact) mass is 357 g/mol. The summed E-state index contributed by atoms with van der Waals surface area (Å²) < 4.78 is 15.6. The van der Waals surface area contributed by atoms with E-state index in [-0.39, 0.29) is 19.1 Å². The summed E-state index contributed by atoms with van der Waals surface area (Å²) in [6, 6.07) is 14.0. The zero-order valence-electron chi connectivity index (χ0n) is 15.0. The first-order valence-corrected chi connectivity index (χ1v) is 8.42. The van der Waals surface area contributed by atoms with E-state index in [2.05, 4.69) is 5.32 Å². The van der Waals surface area contributed by atoms with E-state index in [0.29, 0.717) is 30.2 Å². The molecule has 0 aromatic heterocycles. The van der Waals surface area contributed by atoms with Crippen molar-refractivity contribution in [3.05, 3.63) is 59.7 Å². The Hall–Kier alpha value is -2.86. The molecule has 26 heavy (non-hydrogen) atoms. The number of nitrogens with one attached hydrogen (secondary N) is 1. The van der Waals surface area contributed by atoms with Crippen LogP contribution in [0.5, 0.6) is 5.75 Å². The van der Waals surface area contributed by atoms with E-state index in [4.69, 9.17) is 14.2 Å². The second-order valence-corrected chi connectivity index (χ2v) is 5.56. The van der Waals surface area contributed by atoms with Gasteiger partial charge in [-0.15, -0.1) is 0 Å². The lowest BCUT2D eigenvalue weighted by Gasteiger charge is -2.09. The number of anilines is 1. The predicted molar refractivity (Wildman–Crippen MR) is 98.5 cm³/mol. The van der Waals surface area contributed by atoms with E-state index in [1.54, 1.807) is 30.3 Å². The first-order valence-electron chi connectivity index (χ1n) is 8.42. The molecule has 0 saturated heterocycles. The van der Waals surface area contributed by atoms with E-state index < -0.39 is 5.97 Å². The molecule has 0 fully saturated rings. The number of esters is 1. The highest BCUT2D eigenvalue weighted by Gasteiger charge is 2.08. The summed E-state index contributed by atoms with van der Waals surface area (Å²) in [5, 5.41) is 2.72. The summed E-state index contributed by atoms with van der Waals surface area (Å²) in [6.07, 6.45) is 0. The Bertz CT molecular complexity index is 727. The largest absolute Gasteiger partial charge is 0.484 e. The molecule has 2 aromatic carbocycles. The van der Waals surface area contributed by atoms with Gasteiger partial charge in [-0.25, -0.2) is 4.79 Å². The highest BCUT2D eigenvalue weighted by atomic mass is 16.6. The second-order valence-electron chi connectivity index (χ2n) is 5.56. The molecule has 6 nitrogen and oxygen atoms in total. The van der Waals surface area contributed by atoms with Gasteiger partial charge in [-0.05, 0) is 55.8 Å². The molecule has 0 bridgehead atoms. The van der Waals surface area contributed by atoms with Crippen molar-refractivity contribution in [1.82, 2.24) is 0 Å². The molecule has 0 aliphatic rings. The van der Waals surface area contributed by atoms with E-state index in [1.807, 2.05) is 32.0 Å². The lowest BCUT2D eigenvalue weighted by atomic mass is 10.2. The maximum Gasteiger partial charge on any atom is 0.338 e. The Morgan fingerprint density at radius 3 is 2.50 bits per heavy atom. The lowest BCUT2D eigenvalue weighted by Crippen LogP contribution is -2.20. The summed E-state index contributed by atoms with van der Waals surface area (Å²) >= 11 is 0. The molecule has 138 valence electrons. The van der Waals surface area contributed by atoms with Crippen molar-refractivity contribution in [3.63, 3.8) is 0 Å². The van der Waals surface area contributed by atoms with Gasteiger partial charge < -0.3 is 19.5 Å². The van der Waals surface area contributed by atoms with E-state index in [1.165, 1.54) is 0 Å². The maximum absolute atomic E-state index is 12.0. The van der Waals surface area contributed by atoms with Crippen LogP contribution in [0.25, 0.3) is 0 Å². The molecular formula is C20H23NO5. The molecule has 2 aromatic rings. The van der Waals surface area contributed by atoms with Crippen molar-refractivity contribution in [2.24, 2.45) is 0 Å². The van der Waals surface area contributed by atoms with Crippen LogP contribution in [0.4, 0.5) is 5.69 Å². The van der Waals surface area contributed by atoms with Crippen molar-refractivity contribution in [2.75, 3.05) is 31.7 Å². The third-order valence-electron chi connectivity index (χ3n) is 3.43. The van der Waals surface area contributed by atoms with Crippen LogP contribution in [-0.4, -0.2) is 38.3 Å². The first kappa shape index (κ1) is 19.5. The molecule has 0 unspecified atom stereocenters. The van der Waals surface area contributed by atoms with Gasteiger partial charge in [0.15, 0.2) is 6.61 Å². The van der Waals surface area contributed by atoms with Crippen LogP contribution < -0.4 is 10.1 Å². The topological polar surface area (TPSA) is 73.9 Å². The van der Waals surface area contributed by atoms with Gasteiger partial charge in [0.1, 0.15) is 12.4 Å².